The van der Waals surface area contributed by atoms with Crippen LogP contribution in [0.25, 0.3) is 0 Å². The van der Waals surface area contributed by atoms with Crippen molar-refractivity contribution in [2.75, 3.05) is 13.2 Å². The molecular formula is C10H9NO5S. The van der Waals surface area contributed by atoms with Gasteiger partial charge in [0.15, 0.2) is 11.5 Å². The normalized spacial score (nSPS) is 14.6. The van der Waals surface area contributed by atoms with Crippen molar-refractivity contribution >= 4 is 16.1 Å². The molecule has 1 aliphatic heterocycles. The van der Waals surface area contributed by atoms with E-state index in [9.17, 15) is 13.2 Å². The Labute approximate surface area is 97.9 Å². The molecule has 17 heavy (non-hydrogen) atoms. The molecule has 0 saturated carbocycles. The van der Waals surface area contributed by atoms with Crippen molar-refractivity contribution < 1.29 is 22.7 Å². The van der Waals surface area contributed by atoms with E-state index in [2.05, 4.69) is 4.40 Å². The standard InChI is InChI=1S/C10H9NO5S/c12-7-11-17(13,14)8-2-3-9-10(6-8)16-5-1-4-15-9/h2-3,6H,1,4-5H2. The molecule has 0 N–H and O–H groups in total. The third kappa shape index (κ3) is 2.46. The van der Waals surface area contributed by atoms with Gasteiger partial charge in [-0.3, -0.25) is 0 Å². The van der Waals surface area contributed by atoms with E-state index in [1.807, 2.05) is 0 Å². The lowest BCUT2D eigenvalue weighted by molar-refractivity contribution is 0.297. The van der Waals surface area contributed by atoms with Crippen LogP contribution in [-0.4, -0.2) is 27.7 Å². The predicted molar refractivity (Wildman–Crippen MR) is 57.4 cm³/mol. The Bertz CT molecular complexity index is 574. The molecule has 90 valence electrons. The molecule has 2 rings (SSSR count). The Morgan fingerprint density at radius 3 is 2.59 bits per heavy atom. The second-order valence-corrected chi connectivity index (χ2v) is 4.92. The molecule has 0 aliphatic carbocycles. The number of hydrogen-bond donors (Lipinski definition) is 0. The van der Waals surface area contributed by atoms with Crippen LogP contribution in [-0.2, 0) is 14.8 Å². The summed E-state index contributed by atoms with van der Waals surface area (Å²) in [5.41, 5.74) is 0. The van der Waals surface area contributed by atoms with Gasteiger partial charge in [-0.15, -0.1) is 0 Å². The molecule has 1 heterocycles. The van der Waals surface area contributed by atoms with Crippen molar-refractivity contribution in [2.24, 2.45) is 4.40 Å². The highest BCUT2D eigenvalue weighted by Crippen LogP contribution is 2.32. The number of isocyanates is 1. The summed E-state index contributed by atoms with van der Waals surface area (Å²) < 4.78 is 36.4. The fraction of sp³-hybridized carbons (Fsp3) is 0.300. The van der Waals surface area contributed by atoms with Crippen molar-refractivity contribution in [3.05, 3.63) is 18.2 Å². The van der Waals surface area contributed by atoms with Gasteiger partial charge in [0.05, 0.1) is 18.1 Å². The van der Waals surface area contributed by atoms with Crippen molar-refractivity contribution in [2.45, 2.75) is 11.3 Å². The molecule has 1 aromatic rings. The maximum atomic E-state index is 11.5. The summed E-state index contributed by atoms with van der Waals surface area (Å²) in [4.78, 5) is 9.89. The van der Waals surface area contributed by atoms with E-state index in [4.69, 9.17) is 9.47 Å². The smallest absolute Gasteiger partial charge is 0.292 e. The molecule has 0 spiro atoms. The monoisotopic (exact) mass is 255 g/mol. The topological polar surface area (TPSA) is 82.0 Å². The van der Waals surface area contributed by atoms with E-state index in [0.29, 0.717) is 24.7 Å². The first-order valence-electron chi connectivity index (χ1n) is 4.87. The third-order valence-corrected chi connectivity index (χ3v) is 3.34. The Hall–Kier alpha value is -1.85. The van der Waals surface area contributed by atoms with Gasteiger partial charge in [-0.1, -0.05) is 4.40 Å². The van der Waals surface area contributed by atoms with Crippen LogP contribution in [0.1, 0.15) is 6.42 Å². The molecule has 0 unspecified atom stereocenters. The van der Waals surface area contributed by atoms with Crippen LogP contribution in [0.3, 0.4) is 0 Å². The number of carbonyl (C=O) groups excluding carboxylic acids is 1. The summed E-state index contributed by atoms with van der Waals surface area (Å²) in [5.74, 6) is 0.821. The number of ether oxygens (including phenoxy) is 2. The number of nitrogens with zero attached hydrogens (tertiary/aromatic N) is 1. The van der Waals surface area contributed by atoms with Gasteiger partial charge in [0.1, 0.15) is 0 Å². The lowest BCUT2D eigenvalue weighted by Crippen LogP contribution is -1.98. The molecule has 0 atom stereocenters. The molecular weight excluding hydrogens is 246 g/mol. The number of rotatable bonds is 2. The average molecular weight is 255 g/mol. The lowest BCUT2D eigenvalue weighted by Gasteiger charge is -2.07. The zero-order valence-electron chi connectivity index (χ0n) is 8.75. The number of benzene rings is 1. The minimum Gasteiger partial charge on any atom is -0.490 e. The highest BCUT2D eigenvalue weighted by atomic mass is 32.2. The maximum absolute atomic E-state index is 11.5. The van der Waals surface area contributed by atoms with Crippen LogP contribution in [0, 0.1) is 0 Å². The molecule has 0 fully saturated rings. The maximum Gasteiger partial charge on any atom is 0.292 e. The van der Waals surface area contributed by atoms with Crippen LogP contribution in [0.15, 0.2) is 27.5 Å². The molecule has 0 saturated heterocycles. The average Bonchev–Trinajstić information content (AvgIpc) is 2.52. The van der Waals surface area contributed by atoms with E-state index in [1.165, 1.54) is 18.2 Å². The molecule has 7 heteroatoms. The summed E-state index contributed by atoms with van der Waals surface area (Å²) in [7, 11) is -3.99. The van der Waals surface area contributed by atoms with Gasteiger partial charge >= 0.3 is 0 Å². The fourth-order valence-electron chi connectivity index (χ4n) is 1.41. The summed E-state index contributed by atoms with van der Waals surface area (Å²) in [6, 6.07) is 4.08. The highest BCUT2D eigenvalue weighted by molar-refractivity contribution is 7.90. The Kier molecular flexibility index (Phi) is 3.12. The molecule has 6 nitrogen and oxygen atoms in total. The van der Waals surface area contributed by atoms with Crippen LogP contribution >= 0.6 is 0 Å². The number of hydrogen-bond acceptors (Lipinski definition) is 5. The molecule has 0 aromatic heterocycles. The Morgan fingerprint density at radius 2 is 1.88 bits per heavy atom. The van der Waals surface area contributed by atoms with Gasteiger partial charge < -0.3 is 9.47 Å². The summed E-state index contributed by atoms with van der Waals surface area (Å²) in [6.45, 7) is 0.971. The molecule has 0 amide bonds. The van der Waals surface area contributed by atoms with Gasteiger partial charge in [-0.25, -0.2) is 4.79 Å². The first-order valence-corrected chi connectivity index (χ1v) is 6.31. The predicted octanol–water partition coefficient (Wildman–Crippen LogP) is 0.872. The summed E-state index contributed by atoms with van der Waals surface area (Å²) >= 11 is 0. The minimum atomic E-state index is -3.99. The van der Waals surface area contributed by atoms with Gasteiger partial charge in [0.2, 0.25) is 0 Å². The largest absolute Gasteiger partial charge is 0.490 e. The second-order valence-electron chi connectivity index (χ2n) is 3.32. The van der Waals surface area contributed by atoms with Crippen molar-refractivity contribution in [3.63, 3.8) is 0 Å². The lowest BCUT2D eigenvalue weighted by atomic mass is 10.3. The fourth-order valence-corrected chi connectivity index (χ4v) is 2.11. The third-order valence-electron chi connectivity index (χ3n) is 2.17. The SMILES string of the molecule is O=C=NS(=O)(=O)c1ccc2c(c1)OCCCO2. The van der Waals surface area contributed by atoms with Crippen molar-refractivity contribution in [1.82, 2.24) is 0 Å². The molecule has 1 aromatic carbocycles. The van der Waals surface area contributed by atoms with Gasteiger partial charge in [-0.05, 0) is 12.1 Å². The van der Waals surface area contributed by atoms with Crippen LogP contribution in [0.5, 0.6) is 11.5 Å². The molecule has 0 bridgehead atoms. The first kappa shape index (κ1) is 11.6. The quantitative estimate of drug-likeness (QED) is 0.578. The van der Waals surface area contributed by atoms with Gasteiger partial charge in [0, 0.05) is 12.5 Å². The van der Waals surface area contributed by atoms with Gasteiger partial charge in [-0.2, -0.15) is 8.42 Å². The summed E-state index contributed by atoms with van der Waals surface area (Å²) in [5, 5.41) is 0. The van der Waals surface area contributed by atoms with E-state index < -0.39 is 10.0 Å². The zero-order valence-corrected chi connectivity index (χ0v) is 9.57. The van der Waals surface area contributed by atoms with E-state index in [1.54, 1.807) is 0 Å². The zero-order chi connectivity index (χ0) is 12.3. The van der Waals surface area contributed by atoms with E-state index in [0.717, 1.165) is 12.5 Å². The Morgan fingerprint density at radius 1 is 1.18 bits per heavy atom. The van der Waals surface area contributed by atoms with Crippen LogP contribution < -0.4 is 9.47 Å². The number of sulfonamides is 1. The first-order chi connectivity index (χ1) is 8.13. The van der Waals surface area contributed by atoms with E-state index >= 15 is 0 Å². The minimum absolute atomic E-state index is 0.120. The highest BCUT2D eigenvalue weighted by Gasteiger charge is 2.17. The molecule has 0 radical (unpaired) electrons. The van der Waals surface area contributed by atoms with Crippen molar-refractivity contribution in [1.29, 1.82) is 0 Å². The van der Waals surface area contributed by atoms with Gasteiger partial charge in [0.25, 0.3) is 16.1 Å². The van der Waals surface area contributed by atoms with Crippen LogP contribution in [0.4, 0.5) is 0 Å². The summed E-state index contributed by atoms with van der Waals surface area (Å²) in [6.07, 6.45) is 1.74. The van der Waals surface area contributed by atoms with Crippen LogP contribution in [0.2, 0.25) is 0 Å². The van der Waals surface area contributed by atoms with E-state index in [-0.39, 0.29) is 4.90 Å². The number of fused-ring (bicyclic) bond motifs is 1. The van der Waals surface area contributed by atoms with Crippen molar-refractivity contribution in [3.8, 4) is 11.5 Å². The Balaban J connectivity index is 2.46. The molecule has 1 aliphatic rings. The second kappa shape index (κ2) is 4.57.